The predicted molar refractivity (Wildman–Crippen MR) is 82.2 cm³/mol. The van der Waals surface area contributed by atoms with Crippen molar-refractivity contribution in [2.45, 2.75) is 89.6 Å². The highest BCUT2D eigenvalue weighted by molar-refractivity contribution is 5.69. The van der Waals surface area contributed by atoms with Gasteiger partial charge in [0.05, 0.1) is 0 Å². The normalized spacial score (nSPS) is 30.3. The lowest BCUT2D eigenvalue weighted by Crippen LogP contribution is -2.53. The first-order chi connectivity index (χ1) is 9.80. The van der Waals surface area contributed by atoms with Gasteiger partial charge in [-0.3, -0.25) is 0 Å². The summed E-state index contributed by atoms with van der Waals surface area (Å²) in [5, 5.41) is 12.6. The second-order valence-corrected chi connectivity index (χ2v) is 7.52. The van der Waals surface area contributed by atoms with E-state index >= 15 is 0 Å². The number of nitrogens with zero attached hydrogens (tertiary/aromatic N) is 1. The predicted octanol–water partition coefficient (Wildman–Crippen LogP) is 2.28. The summed E-state index contributed by atoms with van der Waals surface area (Å²) in [6.45, 7) is 8.07. The molecule has 2 rings (SSSR count). The fourth-order valence-electron chi connectivity index (χ4n) is 3.61. The molecule has 0 aliphatic carbocycles. The zero-order valence-corrected chi connectivity index (χ0v) is 13.8. The minimum absolute atomic E-state index is 0.156. The van der Waals surface area contributed by atoms with Gasteiger partial charge in [0.2, 0.25) is 0 Å². The summed E-state index contributed by atoms with van der Waals surface area (Å²) in [5.74, 6) is 0. The molecule has 2 N–H and O–H groups in total. The molecular formula is C16H30N2O3. The fourth-order valence-corrected chi connectivity index (χ4v) is 3.61. The van der Waals surface area contributed by atoms with Gasteiger partial charge in [0.25, 0.3) is 0 Å². The molecule has 3 unspecified atom stereocenters. The molecule has 0 aromatic carbocycles. The van der Waals surface area contributed by atoms with Crippen LogP contribution in [0.2, 0.25) is 0 Å². The number of hydrogen-bond acceptors (Lipinski definition) is 4. The second-order valence-electron chi connectivity index (χ2n) is 7.52. The molecule has 0 aromatic heterocycles. The molecule has 1 amide bonds. The van der Waals surface area contributed by atoms with Crippen molar-refractivity contribution in [2.75, 3.05) is 6.61 Å². The van der Waals surface area contributed by atoms with Gasteiger partial charge in [0.1, 0.15) is 5.60 Å². The Morgan fingerprint density at radius 2 is 1.90 bits per heavy atom. The first-order valence-electron chi connectivity index (χ1n) is 8.18. The lowest BCUT2D eigenvalue weighted by atomic mass is 9.96. The summed E-state index contributed by atoms with van der Waals surface area (Å²) < 4.78 is 5.55. The van der Waals surface area contributed by atoms with Crippen molar-refractivity contribution in [2.24, 2.45) is 0 Å². The average molecular weight is 298 g/mol. The van der Waals surface area contributed by atoms with Crippen molar-refractivity contribution in [3.8, 4) is 0 Å². The Morgan fingerprint density at radius 3 is 2.38 bits per heavy atom. The third-order valence-corrected chi connectivity index (χ3v) is 4.42. The van der Waals surface area contributed by atoms with E-state index in [0.717, 1.165) is 32.1 Å². The van der Waals surface area contributed by atoms with E-state index in [2.05, 4.69) is 12.2 Å². The Kier molecular flexibility index (Phi) is 5.15. The molecule has 2 saturated heterocycles. The van der Waals surface area contributed by atoms with Crippen LogP contribution in [0.25, 0.3) is 0 Å². The minimum atomic E-state index is -0.429. The lowest BCUT2D eigenvalue weighted by molar-refractivity contribution is 0.00429. The minimum Gasteiger partial charge on any atom is -0.444 e. The van der Waals surface area contributed by atoms with Crippen molar-refractivity contribution in [3.63, 3.8) is 0 Å². The maximum Gasteiger partial charge on any atom is 0.410 e. The second kappa shape index (κ2) is 6.53. The van der Waals surface area contributed by atoms with Crippen LogP contribution in [-0.4, -0.2) is 52.5 Å². The van der Waals surface area contributed by atoms with Gasteiger partial charge in [-0.15, -0.1) is 0 Å². The summed E-state index contributed by atoms with van der Waals surface area (Å²) >= 11 is 0. The highest BCUT2D eigenvalue weighted by Crippen LogP contribution is 2.37. The first kappa shape index (κ1) is 16.6. The van der Waals surface area contributed by atoms with E-state index in [-0.39, 0.29) is 12.7 Å². The molecule has 0 saturated carbocycles. The van der Waals surface area contributed by atoms with Gasteiger partial charge in [0, 0.05) is 30.8 Å². The van der Waals surface area contributed by atoms with Crippen LogP contribution in [-0.2, 0) is 4.74 Å². The number of aliphatic hydroxyl groups is 1. The molecule has 3 atom stereocenters. The van der Waals surface area contributed by atoms with Gasteiger partial charge in [-0.25, -0.2) is 4.79 Å². The molecule has 2 heterocycles. The molecule has 2 bridgehead atoms. The lowest BCUT2D eigenvalue weighted by Gasteiger charge is -2.40. The molecule has 21 heavy (non-hydrogen) atoms. The average Bonchev–Trinajstić information content (AvgIpc) is 2.60. The van der Waals surface area contributed by atoms with Crippen LogP contribution in [0, 0.1) is 0 Å². The first-order valence-corrected chi connectivity index (χ1v) is 8.18. The largest absolute Gasteiger partial charge is 0.444 e. The Bertz CT molecular complexity index is 353. The summed E-state index contributed by atoms with van der Waals surface area (Å²) in [4.78, 5) is 14.3. The molecule has 5 nitrogen and oxygen atoms in total. The monoisotopic (exact) mass is 298 g/mol. The van der Waals surface area contributed by atoms with E-state index < -0.39 is 5.60 Å². The Labute approximate surface area is 128 Å². The van der Waals surface area contributed by atoms with Crippen LogP contribution >= 0.6 is 0 Å². The number of nitrogens with one attached hydrogen (secondary N) is 1. The van der Waals surface area contributed by atoms with Crippen molar-refractivity contribution >= 4 is 6.09 Å². The Hall–Kier alpha value is -0.810. The number of carbonyl (C=O) groups excluding carboxylic acids is 1. The number of amides is 1. The van der Waals surface area contributed by atoms with Gasteiger partial charge < -0.3 is 20.1 Å². The summed E-state index contributed by atoms with van der Waals surface area (Å²) in [5.41, 5.74) is -0.429. The number of fused-ring (bicyclic) bond motifs is 2. The maximum atomic E-state index is 12.4. The van der Waals surface area contributed by atoms with E-state index in [4.69, 9.17) is 9.84 Å². The van der Waals surface area contributed by atoms with Gasteiger partial charge in [-0.1, -0.05) is 0 Å². The van der Waals surface area contributed by atoms with Crippen LogP contribution in [0.1, 0.15) is 59.8 Å². The molecule has 2 aliphatic heterocycles. The Morgan fingerprint density at radius 1 is 1.33 bits per heavy atom. The topological polar surface area (TPSA) is 61.8 Å². The molecule has 122 valence electrons. The fraction of sp³-hybridized carbons (Fsp3) is 0.938. The smallest absolute Gasteiger partial charge is 0.410 e. The number of carbonyl (C=O) groups is 1. The Balaban J connectivity index is 1.91. The number of aliphatic hydroxyl groups excluding tert-OH is 1. The summed E-state index contributed by atoms with van der Waals surface area (Å²) in [6.07, 6.45) is 4.77. The van der Waals surface area contributed by atoms with Crippen LogP contribution in [0.3, 0.4) is 0 Å². The van der Waals surface area contributed by atoms with Gasteiger partial charge in [-0.2, -0.15) is 0 Å². The van der Waals surface area contributed by atoms with Gasteiger partial charge in [0.15, 0.2) is 0 Å². The highest BCUT2D eigenvalue weighted by atomic mass is 16.6. The zero-order chi connectivity index (χ0) is 15.6. The van der Waals surface area contributed by atoms with Crippen molar-refractivity contribution < 1.29 is 14.6 Å². The molecule has 0 radical (unpaired) electrons. The molecular weight excluding hydrogens is 268 g/mol. The number of rotatable bonds is 4. The van der Waals surface area contributed by atoms with E-state index in [9.17, 15) is 4.79 Å². The zero-order valence-electron chi connectivity index (χ0n) is 13.8. The third-order valence-electron chi connectivity index (χ3n) is 4.42. The molecule has 2 fully saturated rings. The molecule has 5 heteroatoms. The van der Waals surface area contributed by atoms with Gasteiger partial charge in [-0.05, 0) is 59.8 Å². The maximum absolute atomic E-state index is 12.4. The highest BCUT2D eigenvalue weighted by Gasteiger charge is 2.44. The van der Waals surface area contributed by atoms with Crippen molar-refractivity contribution in [1.29, 1.82) is 0 Å². The molecule has 0 spiro atoms. The van der Waals surface area contributed by atoms with Crippen LogP contribution in [0.5, 0.6) is 0 Å². The van der Waals surface area contributed by atoms with Crippen LogP contribution in [0.15, 0.2) is 0 Å². The summed E-state index contributed by atoms with van der Waals surface area (Å²) in [7, 11) is 0. The van der Waals surface area contributed by atoms with Crippen molar-refractivity contribution in [1.82, 2.24) is 10.2 Å². The standard InChI is InChI=1S/C16H30N2O3/c1-11(7-8-19)17-12-9-13-5-6-14(10-12)18(13)15(20)21-16(2,3)4/h11-14,17,19H,5-10H2,1-4H3. The molecule has 2 aliphatic rings. The quantitative estimate of drug-likeness (QED) is 0.836. The SMILES string of the molecule is CC(CCO)NC1CC2CCC(C1)N2C(=O)OC(C)(C)C. The van der Waals surface area contributed by atoms with E-state index in [1.807, 2.05) is 25.7 Å². The number of hydrogen-bond donors (Lipinski definition) is 2. The van der Waals surface area contributed by atoms with Crippen LogP contribution < -0.4 is 5.32 Å². The van der Waals surface area contributed by atoms with Crippen LogP contribution in [0.4, 0.5) is 4.79 Å². The third kappa shape index (κ3) is 4.33. The number of piperidine rings is 1. The summed E-state index contributed by atoms with van der Waals surface area (Å²) in [6, 6.07) is 1.38. The number of ether oxygens (including phenoxy) is 1. The van der Waals surface area contributed by atoms with E-state index in [1.165, 1.54) is 0 Å². The van der Waals surface area contributed by atoms with Gasteiger partial charge >= 0.3 is 6.09 Å². The van der Waals surface area contributed by atoms with E-state index in [1.54, 1.807) is 0 Å². The molecule has 0 aromatic rings. The van der Waals surface area contributed by atoms with E-state index in [0.29, 0.717) is 24.2 Å². The van der Waals surface area contributed by atoms with Crippen molar-refractivity contribution in [3.05, 3.63) is 0 Å².